The first kappa shape index (κ1) is 20.3. The molecule has 0 spiro atoms. The van der Waals surface area contributed by atoms with Gasteiger partial charge in [0.25, 0.3) is 0 Å². The molecule has 5 nitrogen and oxygen atoms in total. The van der Waals surface area contributed by atoms with Crippen molar-refractivity contribution in [2.24, 2.45) is 0 Å². The Bertz CT molecular complexity index is 864. The molecule has 0 fully saturated rings. The van der Waals surface area contributed by atoms with Crippen molar-refractivity contribution >= 4 is 29.1 Å². The Morgan fingerprint density at radius 2 is 1.96 bits per heavy atom. The second-order valence-electron chi connectivity index (χ2n) is 6.72. The minimum absolute atomic E-state index is 0.0426. The molecule has 1 unspecified atom stereocenters. The summed E-state index contributed by atoms with van der Waals surface area (Å²) in [5.74, 6) is 1.14. The Kier molecular flexibility index (Phi) is 6.62. The highest BCUT2D eigenvalue weighted by Crippen LogP contribution is 2.38. The van der Waals surface area contributed by atoms with Crippen LogP contribution in [0.15, 0.2) is 41.3 Å². The number of hydrogen-bond acceptors (Lipinski definition) is 5. The van der Waals surface area contributed by atoms with E-state index in [-0.39, 0.29) is 30.6 Å². The van der Waals surface area contributed by atoms with Gasteiger partial charge in [-0.15, -0.1) is 11.8 Å². The molecule has 1 aliphatic rings. The number of ether oxygens (including phenoxy) is 2. The van der Waals surface area contributed by atoms with Gasteiger partial charge in [0.1, 0.15) is 17.6 Å². The van der Waals surface area contributed by atoms with Crippen LogP contribution in [0.2, 0.25) is 0 Å². The van der Waals surface area contributed by atoms with Crippen molar-refractivity contribution in [1.29, 1.82) is 0 Å². The molecule has 28 heavy (non-hydrogen) atoms. The molecule has 1 N–H and O–H groups in total. The zero-order valence-corrected chi connectivity index (χ0v) is 17.2. The Morgan fingerprint density at radius 1 is 1.21 bits per heavy atom. The highest BCUT2D eigenvalue weighted by Gasteiger charge is 2.22. The van der Waals surface area contributed by atoms with Crippen molar-refractivity contribution in [2.45, 2.75) is 44.1 Å². The summed E-state index contributed by atoms with van der Waals surface area (Å²) in [6.45, 7) is 4.41. The molecule has 0 aliphatic carbocycles. The van der Waals surface area contributed by atoms with E-state index in [1.165, 1.54) is 0 Å². The Hall–Kier alpha value is -2.47. The predicted molar refractivity (Wildman–Crippen MR) is 112 cm³/mol. The predicted octanol–water partition coefficient (Wildman–Crippen LogP) is 4.73. The molecule has 1 amide bonds. The number of carbonyl (C=O) groups excluding carboxylic acids is 2. The first-order valence-electron chi connectivity index (χ1n) is 9.43. The van der Waals surface area contributed by atoms with Gasteiger partial charge in [0, 0.05) is 41.4 Å². The molecule has 1 aliphatic heterocycles. The fourth-order valence-electron chi connectivity index (χ4n) is 3.17. The number of amides is 1. The van der Waals surface area contributed by atoms with Crippen LogP contribution in [-0.2, 0) is 11.2 Å². The molecule has 0 saturated carbocycles. The molecule has 1 heterocycles. The summed E-state index contributed by atoms with van der Waals surface area (Å²) in [6, 6.07) is 11.2. The lowest BCUT2D eigenvalue weighted by Gasteiger charge is -2.13. The second-order valence-corrected chi connectivity index (χ2v) is 7.60. The summed E-state index contributed by atoms with van der Waals surface area (Å²) in [7, 11) is 0. The van der Waals surface area contributed by atoms with Crippen LogP contribution in [0.4, 0.5) is 5.69 Å². The van der Waals surface area contributed by atoms with Gasteiger partial charge in [-0.2, -0.15) is 0 Å². The standard InChI is InChI=1S/C22H25NO4S/c1-4-26-21-12-16-11-14(2)27-20(16)13-18(21)23-22(25)10-9-19(24)15-5-7-17(28-3)8-6-15/h5-8,12-14H,4,9-11H2,1-3H3,(H,23,25). The Balaban J connectivity index is 1.62. The van der Waals surface area contributed by atoms with E-state index in [0.29, 0.717) is 23.6 Å². The van der Waals surface area contributed by atoms with Gasteiger partial charge in [-0.3, -0.25) is 9.59 Å². The molecule has 6 heteroatoms. The van der Waals surface area contributed by atoms with Crippen LogP contribution in [0.25, 0.3) is 0 Å². The molecule has 0 aromatic heterocycles. The molecule has 2 aromatic carbocycles. The number of benzene rings is 2. The largest absolute Gasteiger partial charge is 0.492 e. The minimum atomic E-state index is -0.221. The second kappa shape index (κ2) is 9.15. The van der Waals surface area contributed by atoms with Crippen molar-refractivity contribution in [3.05, 3.63) is 47.5 Å². The number of rotatable bonds is 8. The highest BCUT2D eigenvalue weighted by atomic mass is 32.2. The highest BCUT2D eigenvalue weighted by molar-refractivity contribution is 7.98. The zero-order chi connectivity index (χ0) is 20.1. The number of thioether (sulfide) groups is 1. The minimum Gasteiger partial charge on any atom is -0.492 e. The quantitative estimate of drug-likeness (QED) is 0.513. The third-order valence-corrected chi connectivity index (χ3v) is 5.31. The maximum atomic E-state index is 12.4. The molecule has 3 rings (SSSR count). The van der Waals surface area contributed by atoms with Crippen LogP contribution < -0.4 is 14.8 Å². The smallest absolute Gasteiger partial charge is 0.224 e. The maximum absolute atomic E-state index is 12.4. The molecular formula is C22H25NO4S. The van der Waals surface area contributed by atoms with Crippen LogP contribution in [0.5, 0.6) is 11.5 Å². The third-order valence-electron chi connectivity index (χ3n) is 4.56. The summed E-state index contributed by atoms with van der Waals surface area (Å²) < 4.78 is 11.5. The van der Waals surface area contributed by atoms with E-state index in [1.807, 2.05) is 44.4 Å². The van der Waals surface area contributed by atoms with E-state index >= 15 is 0 Å². The lowest BCUT2D eigenvalue weighted by Crippen LogP contribution is -2.14. The summed E-state index contributed by atoms with van der Waals surface area (Å²) in [5.41, 5.74) is 2.29. The monoisotopic (exact) mass is 399 g/mol. The van der Waals surface area contributed by atoms with E-state index in [4.69, 9.17) is 9.47 Å². The van der Waals surface area contributed by atoms with Gasteiger partial charge in [0.15, 0.2) is 5.78 Å². The van der Waals surface area contributed by atoms with Crippen LogP contribution in [0, 0.1) is 0 Å². The number of nitrogens with one attached hydrogen (secondary N) is 1. The average molecular weight is 400 g/mol. The van der Waals surface area contributed by atoms with E-state index in [9.17, 15) is 9.59 Å². The number of hydrogen-bond donors (Lipinski definition) is 1. The number of carbonyl (C=O) groups is 2. The molecule has 148 valence electrons. The third kappa shape index (κ3) is 4.87. The van der Waals surface area contributed by atoms with E-state index in [2.05, 4.69) is 5.32 Å². The van der Waals surface area contributed by atoms with Gasteiger partial charge in [0.2, 0.25) is 5.91 Å². The first-order chi connectivity index (χ1) is 13.5. The van der Waals surface area contributed by atoms with Crippen LogP contribution >= 0.6 is 11.8 Å². The van der Waals surface area contributed by atoms with Crippen molar-refractivity contribution in [1.82, 2.24) is 0 Å². The van der Waals surface area contributed by atoms with Crippen molar-refractivity contribution in [3.8, 4) is 11.5 Å². The average Bonchev–Trinajstić information content (AvgIpc) is 3.05. The van der Waals surface area contributed by atoms with E-state index < -0.39 is 0 Å². The summed E-state index contributed by atoms with van der Waals surface area (Å²) in [4.78, 5) is 25.8. The van der Waals surface area contributed by atoms with Crippen LogP contribution in [0.3, 0.4) is 0 Å². The number of fused-ring (bicyclic) bond motifs is 1. The fourth-order valence-corrected chi connectivity index (χ4v) is 3.58. The molecule has 1 atom stereocenters. The van der Waals surface area contributed by atoms with Crippen LogP contribution in [-0.4, -0.2) is 30.7 Å². The molecular weight excluding hydrogens is 374 g/mol. The molecule has 2 aromatic rings. The topological polar surface area (TPSA) is 64.6 Å². The van der Waals surface area contributed by atoms with Gasteiger partial charge in [-0.25, -0.2) is 0 Å². The first-order valence-corrected chi connectivity index (χ1v) is 10.7. The summed E-state index contributed by atoms with van der Waals surface area (Å²) in [5, 5.41) is 2.87. The van der Waals surface area contributed by atoms with Crippen molar-refractivity contribution in [3.63, 3.8) is 0 Å². The zero-order valence-electron chi connectivity index (χ0n) is 16.4. The summed E-state index contributed by atoms with van der Waals surface area (Å²) >= 11 is 1.62. The fraction of sp³-hybridized carbons (Fsp3) is 0.364. The molecule has 0 saturated heterocycles. The van der Waals surface area contributed by atoms with Gasteiger partial charge in [-0.1, -0.05) is 12.1 Å². The number of Topliss-reactive ketones (excluding diaryl/α,β-unsaturated/α-hetero) is 1. The maximum Gasteiger partial charge on any atom is 0.224 e. The van der Waals surface area contributed by atoms with Crippen LogP contribution in [0.1, 0.15) is 42.6 Å². The number of ketones is 1. The van der Waals surface area contributed by atoms with Gasteiger partial charge in [0.05, 0.1) is 12.3 Å². The lowest BCUT2D eigenvalue weighted by molar-refractivity contribution is -0.116. The Morgan fingerprint density at radius 3 is 2.64 bits per heavy atom. The van der Waals surface area contributed by atoms with Gasteiger partial charge in [-0.05, 0) is 38.3 Å². The lowest BCUT2D eigenvalue weighted by atomic mass is 10.1. The number of anilines is 1. The normalized spacial score (nSPS) is 14.9. The van der Waals surface area contributed by atoms with Crippen molar-refractivity contribution in [2.75, 3.05) is 18.2 Å². The van der Waals surface area contributed by atoms with Gasteiger partial charge < -0.3 is 14.8 Å². The van der Waals surface area contributed by atoms with Gasteiger partial charge >= 0.3 is 0 Å². The van der Waals surface area contributed by atoms with E-state index in [1.54, 1.807) is 23.9 Å². The SMILES string of the molecule is CCOc1cc2c(cc1NC(=O)CCC(=O)c1ccc(SC)cc1)OC(C)C2. The Labute approximate surface area is 169 Å². The summed E-state index contributed by atoms with van der Waals surface area (Å²) in [6.07, 6.45) is 3.21. The molecule has 0 bridgehead atoms. The van der Waals surface area contributed by atoms with Crippen molar-refractivity contribution < 1.29 is 19.1 Å². The molecule has 0 radical (unpaired) electrons. The van der Waals surface area contributed by atoms with E-state index in [0.717, 1.165) is 22.6 Å².